The van der Waals surface area contributed by atoms with E-state index in [2.05, 4.69) is 34.8 Å². The molecule has 4 nitrogen and oxygen atoms in total. The molecule has 2 aromatic rings. The number of carbonyl (C=O) groups is 1. The number of halogens is 1. The van der Waals surface area contributed by atoms with E-state index in [4.69, 9.17) is 5.11 Å². The second-order valence-corrected chi connectivity index (χ2v) is 4.85. The van der Waals surface area contributed by atoms with Crippen molar-refractivity contribution in [3.8, 4) is 0 Å². The molecule has 0 spiro atoms. The molecule has 1 unspecified atom stereocenters. The molecule has 0 fully saturated rings. The summed E-state index contributed by atoms with van der Waals surface area (Å²) in [5.41, 5.74) is 1.21. The molecule has 0 aromatic carbocycles. The molecule has 2 heterocycles. The van der Waals surface area contributed by atoms with Gasteiger partial charge in [0.05, 0.1) is 11.1 Å². The normalized spacial score (nSPS) is 12.9. The van der Waals surface area contributed by atoms with E-state index in [1.165, 1.54) is 0 Å². The highest BCUT2D eigenvalue weighted by molar-refractivity contribution is 9.10. The van der Waals surface area contributed by atoms with Gasteiger partial charge in [0.1, 0.15) is 4.60 Å². The van der Waals surface area contributed by atoms with Crippen molar-refractivity contribution in [2.24, 2.45) is 0 Å². The van der Waals surface area contributed by atoms with Gasteiger partial charge in [-0.3, -0.25) is 0 Å². The van der Waals surface area contributed by atoms with Gasteiger partial charge in [0.2, 0.25) is 0 Å². The van der Waals surface area contributed by atoms with E-state index in [0.717, 1.165) is 11.9 Å². The van der Waals surface area contributed by atoms with Crippen LogP contribution in [0, 0.1) is 0 Å². The third-order valence-electron chi connectivity index (χ3n) is 2.98. The summed E-state index contributed by atoms with van der Waals surface area (Å²) in [4.78, 5) is 15.3. The van der Waals surface area contributed by atoms with Crippen LogP contribution in [0.1, 0.15) is 36.7 Å². The molecule has 1 N–H and O–H groups in total. The van der Waals surface area contributed by atoms with Crippen LogP contribution >= 0.6 is 15.9 Å². The Hall–Kier alpha value is -1.36. The molecular weight excluding hydrogens is 284 g/mol. The fourth-order valence-electron chi connectivity index (χ4n) is 1.85. The molecule has 0 radical (unpaired) electrons. The highest BCUT2D eigenvalue weighted by atomic mass is 79.9. The predicted molar refractivity (Wildman–Crippen MR) is 69.4 cm³/mol. The van der Waals surface area contributed by atoms with E-state index < -0.39 is 5.97 Å². The number of aromatic carboxylic acids is 1. The van der Waals surface area contributed by atoms with E-state index in [1.54, 1.807) is 12.4 Å². The van der Waals surface area contributed by atoms with Crippen LogP contribution < -0.4 is 0 Å². The predicted octanol–water partition coefficient (Wildman–Crippen LogP) is 3.47. The smallest absolute Gasteiger partial charge is 0.337 e. The molecule has 5 heteroatoms. The quantitative estimate of drug-likeness (QED) is 0.883. The van der Waals surface area contributed by atoms with Crippen LogP contribution in [0.15, 0.2) is 23.1 Å². The Morgan fingerprint density at radius 1 is 1.65 bits per heavy atom. The van der Waals surface area contributed by atoms with Crippen molar-refractivity contribution in [2.45, 2.75) is 26.3 Å². The maximum Gasteiger partial charge on any atom is 0.337 e. The maximum atomic E-state index is 11.2. The summed E-state index contributed by atoms with van der Waals surface area (Å²) in [6, 6.07) is 2.12. The lowest BCUT2D eigenvalue weighted by Gasteiger charge is -2.12. The number of rotatable bonds is 3. The number of carboxylic acids is 1. The Kier molecular flexibility index (Phi) is 3.19. The maximum absolute atomic E-state index is 11.2. The zero-order valence-electron chi connectivity index (χ0n) is 9.64. The molecule has 2 rings (SSSR count). The van der Waals surface area contributed by atoms with Crippen LogP contribution in [0.3, 0.4) is 0 Å². The highest BCUT2D eigenvalue weighted by Gasteiger charge is 2.16. The first-order valence-electron chi connectivity index (χ1n) is 5.44. The van der Waals surface area contributed by atoms with Gasteiger partial charge in [0.15, 0.2) is 0 Å². The third-order valence-corrected chi connectivity index (χ3v) is 3.42. The molecule has 0 saturated heterocycles. The molecule has 0 bridgehead atoms. The second-order valence-electron chi connectivity index (χ2n) is 4.04. The van der Waals surface area contributed by atoms with Gasteiger partial charge < -0.3 is 9.67 Å². The Balaban J connectivity index is 2.75. The Bertz CT molecular complexity index is 577. The van der Waals surface area contributed by atoms with Gasteiger partial charge in [-0.1, -0.05) is 6.92 Å². The highest BCUT2D eigenvalue weighted by Crippen LogP contribution is 2.27. The molecular formula is C12H13BrN2O2. The van der Waals surface area contributed by atoms with Crippen LogP contribution in [0.5, 0.6) is 0 Å². The number of hydrogen-bond acceptors (Lipinski definition) is 2. The van der Waals surface area contributed by atoms with Gasteiger partial charge in [-0.2, -0.15) is 0 Å². The fraction of sp³-hybridized carbons (Fsp3) is 0.333. The topological polar surface area (TPSA) is 55.1 Å². The SMILES string of the molecule is CCC(C)n1cc(C(=O)O)c2cnc(Br)cc21. The molecule has 0 aliphatic carbocycles. The largest absolute Gasteiger partial charge is 0.478 e. The van der Waals surface area contributed by atoms with Crippen molar-refractivity contribution in [1.29, 1.82) is 0 Å². The minimum absolute atomic E-state index is 0.264. The van der Waals surface area contributed by atoms with Crippen molar-refractivity contribution in [3.05, 3.63) is 28.6 Å². The molecule has 0 amide bonds. The summed E-state index contributed by atoms with van der Waals surface area (Å²) < 4.78 is 2.70. The van der Waals surface area contributed by atoms with E-state index in [1.807, 2.05) is 10.6 Å². The number of nitrogens with zero attached hydrogens (tertiary/aromatic N) is 2. The van der Waals surface area contributed by atoms with Crippen LogP contribution in [0.25, 0.3) is 10.9 Å². The lowest BCUT2D eigenvalue weighted by atomic mass is 10.2. The number of carboxylic acid groups (broad SMARTS) is 1. The van der Waals surface area contributed by atoms with Crippen molar-refractivity contribution in [2.75, 3.05) is 0 Å². The van der Waals surface area contributed by atoms with Crippen molar-refractivity contribution in [1.82, 2.24) is 9.55 Å². The average molecular weight is 297 g/mol. The first kappa shape index (κ1) is 12.1. The molecule has 0 aliphatic heterocycles. The Morgan fingerprint density at radius 3 is 2.94 bits per heavy atom. The van der Waals surface area contributed by atoms with Gasteiger partial charge in [-0.25, -0.2) is 9.78 Å². The zero-order valence-corrected chi connectivity index (χ0v) is 11.2. The molecule has 0 aliphatic rings. The van der Waals surface area contributed by atoms with Crippen LogP contribution in [0.4, 0.5) is 0 Å². The molecule has 0 saturated carbocycles. The average Bonchev–Trinajstić information content (AvgIpc) is 2.66. The van der Waals surface area contributed by atoms with E-state index in [0.29, 0.717) is 15.6 Å². The lowest BCUT2D eigenvalue weighted by Crippen LogP contribution is -2.02. The number of pyridine rings is 1. The Morgan fingerprint density at radius 2 is 2.35 bits per heavy atom. The number of aromatic nitrogens is 2. The third kappa shape index (κ3) is 2.07. The van der Waals surface area contributed by atoms with E-state index >= 15 is 0 Å². The number of fused-ring (bicyclic) bond motifs is 1. The first-order chi connectivity index (χ1) is 8.04. The molecule has 2 aromatic heterocycles. The van der Waals surface area contributed by atoms with E-state index in [-0.39, 0.29) is 6.04 Å². The summed E-state index contributed by atoms with van der Waals surface area (Å²) in [5, 5.41) is 9.85. The minimum Gasteiger partial charge on any atom is -0.478 e. The molecule has 90 valence electrons. The van der Waals surface area contributed by atoms with E-state index in [9.17, 15) is 4.79 Å². The standard InChI is InChI=1S/C12H13BrN2O2/c1-3-7(2)15-6-9(12(16)17)8-5-14-11(13)4-10(8)15/h4-7H,3H2,1-2H3,(H,16,17). The minimum atomic E-state index is -0.916. The fourth-order valence-corrected chi connectivity index (χ4v) is 2.17. The van der Waals surface area contributed by atoms with Crippen LogP contribution in [0.2, 0.25) is 0 Å². The zero-order chi connectivity index (χ0) is 12.6. The molecule has 1 atom stereocenters. The van der Waals surface area contributed by atoms with Gasteiger partial charge in [0, 0.05) is 23.8 Å². The Labute approximate surface area is 107 Å². The summed E-state index contributed by atoms with van der Waals surface area (Å²) in [6.45, 7) is 4.15. The summed E-state index contributed by atoms with van der Waals surface area (Å²) in [7, 11) is 0. The summed E-state index contributed by atoms with van der Waals surface area (Å²) in [5.74, 6) is -0.916. The molecule has 17 heavy (non-hydrogen) atoms. The second kappa shape index (κ2) is 4.49. The van der Waals surface area contributed by atoms with Crippen molar-refractivity contribution >= 4 is 32.8 Å². The van der Waals surface area contributed by atoms with Gasteiger partial charge in [-0.05, 0) is 35.3 Å². The van der Waals surface area contributed by atoms with Crippen molar-refractivity contribution in [3.63, 3.8) is 0 Å². The van der Waals surface area contributed by atoms with Crippen LogP contribution in [-0.2, 0) is 0 Å². The summed E-state index contributed by atoms with van der Waals surface area (Å²) >= 11 is 3.31. The first-order valence-corrected chi connectivity index (χ1v) is 6.23. The number of hydrogen-bond donors (Lipinski definition) is 1. The van der Waals surface area contributed by atoms with Crippen molar-refractivity contribution < 1.29 is 9.90 Å². The van der Waals surface area contributed by atoms with Crippen LogP contribution in [-0.4, -0.2) is 20.6 Å². The summed E-state index contributed by atoms with van der Waals surface area (Å²) in [6.07, 6.45) is 4.24. The van der Waals surface area contributed by atoms with Gasteiger partial charge in [-0.15, -0.1) is 0 Å². The van der Waals surface area contributed by atoms with Gasteiger partial charge >= 0.3 is 5.97 Å². The lowest BCUT2D eigenvalue weighted by molar-refractivity contribution is 0.0698. The van der Waals surface area contributed by atoms with Gasteiger partial charge in [0.25, 0.3) is 0 Å². The monoisotopic (exact) mass is 296 g/mol.